The Morgan fingerprint density at radius 2 is 2.33 bits per heavy atom. The minimum absolute atomic E-state index is 0.0496. The van der Waals surface area contributed by atoms with Crippen LogP contribution in [0, 0.1) is 6.92 Å². The maximum atomic E-state index is 8.81. The third kappa shape index (κ3) is 2.03. The lowest BCUT2D eigenvalue weighted by Crippen LogP contribution is -2.07. The normalized spacial score (nSPS) is 10.8. The summed E-state index contributed by atoms with van der Waals surface area (Å²) in [5.41, 5.74) is 7.71. The van der Waals surface area contributed by atoms with Crippen LogP contribution in [0.25, 0.3) is 11.3 Å². The highest BCUT2D eigenvalue weighted by Gasteiger charge is 2.07. The largest absolute Gasteiger partial charge is 0.394 e. The molecule has 4 nitrogen and oxygen atoms in total. The molecule has 0 unspecified atom stereocenters. The first-order valence-corrected chi connectivity index (χ1v) is 5.58. The zero-order chi connectivity index (χ0) is 10.8. The molecular formula is C10H13N3OS. The van der Waals surface area contributed by atoms with Crippen LogP contribution >= 0.6 is 11.3 Å². The van der Waals surface area contributed by atoms with E-state index < -0.39 is 0 Å². The minimum Gasteiger partial charge on any atom is -0.394 e. The number of aliphatic hydroxyl groups excluding tert-OH is 1. The highest BCUT2D eigenvalue weighted by atomic mass is 32.1. The van der Waals surface area contributed by atoms with E-state index in [-0.39, 0.29) is 6.61 Å². The fourth-order valence-electron chi connectivity index (χ4n) is 1.42. The predicted octanol–water partition coefficient (Wildman–Crippen LogP) is 1.49. The highest BCUT2D eigenvalue weighted by Crippen LogP contribution is 2.25. The first-order valence-electron chi connectivity index (χ1n) is 4.70. The molecule has 2 aromatic rings. The fourth-order valence-corrected chi connectivity index (χ4v) is 2.12. The van der Waals surface area contributed by atoms with Gasteiger partial charge in [0.2, 0.25) is 0 Å². The van der Waals surface area contributed by atoms with Gasteiger partial charge in [-0.05, 0) is 13.0 Å². The fraction of sp³-hybridized carbons (Fsp3) is 0.300. The Morgan fingerprint density at radius 1 is 1.53 bits per heavy atom. The average Bonchev–Trinajstić information content (AvgIpc) is 2.75. The number of nitrogens with zero attached hydrogens (tertiary/aromatic N) is 2. The maximum Gasteiger partial charge on any atom is 0.122 e. The molecule has 0 spiro atoms. The van der Waals surface area contributed by atoms with Gasteiger partial charge in [-0.15, -0.1) is 11.3 Å². The van der Waals surface area contributed by atoms with Crippen LogP contribution in [0.4, 0.5) is 5.82 Å². The number of rotatable bonds is 3. The highest BCUT2D eigenvalue weighted by molar-refractivity contribution is 7.10. The summed E-state index contributed by atoms with van der Waals surface area (Å²) in [5.74, 6) is 0.586. The summed E-state index contributed by atoms with van der Waals surface area (Å²) in [4.78, 5) is 1.25. The lowest BCUT2D eigenvalue weighted by Gasteiger charge is -1.98. The molecular weight excluding hydrogens is 210 g/mol. The van der Waals surface area contributed by atoms with Crippen molar-refractivity contribution in [3.8, 4) is 11.3 Å². The molecule has 5 heteroatoms. The molecule has 15 heavy (non-hydrogen) atoms. The smallest absolute Gasteiger partial charge is 0.122 e. The third-order valence-corrected chi connectivity index (χ3v) is 3.01. The molecule has 2 rings (SSSR count). The molecule has 0 bridgehead atoms. The zero-order valence-electron chi connectivity index (χ0n) is 8.47. The first-order chi connectivity index (χ1) is 7.20. The van der Waals surface area contributed by atoms with E-state index in [9.17, 15) is 0 Å². The lowest BCUT2D eigenvalue weighted by atomic mass is 10.2. The predicted molar refractivity (Wildman–Crippen MR) is 61.8 cm³/mol. The van der Waals surface area contributed by atoms with Gasteiger partial charge in [-0.1, -0.05) is 0 Å². The van der Waals surface area contributed by atoms with Crippen LogP contribution in [0.5, 0.6) is 0 Å². The summed E-state index contributed by atoms with van der Waals surface area (Å²) in [6.07, 6.45) is 0. The molecule has 0 amide bonds. The van der Waals surface area contributed by atoms with Crippen molar-refractivity contribution in [3.05, 3.63) is 22.4 Å². The Balaban J connectivity index is 2.33. The van der Waals surface area contributed by atoms with Crippen molar-refractivity contribution in [1.29, 1.82) is 0 Å². The van der Waals surface area contributed by atoms with Crippen molar-refractivity contribution in [2.24, 2.45) is 0 Å². The van der Waals surface area contributed by atoms with Crippen LogP contribution in [-0.2, 0) is 6.54 Å². The minimum atomic E-state index is 0.0496. The molecule has 2 heterocycles. The van der Waals surface area contributed by atoms with E-state index in [0.717, 1.165) is 11.3 Å². The van der Waals surface area contributed by atoms with E-state index in [1.54, 1.807) is 16.0 Å². The van der Waals surface area contributed by atoms with E-state index in [2.05, 4.69) is 23.5 Å². The number of hydrogen-bond acceptors (Lipinski definition) is 4. The van der Waals surface area contributed by atoms with Gasteiger partial charge < -0.3 is 10.8 Å². The van der Waals surface area contributed by atoms with Crippen molar-refractivity contribution in [1.82, 2.24) is 9.78 Å². The van der Waals surface area contributed by atoms with Gasteiger partial charge >= 0.3 is 0 Å². The standard InChI is InChI=1S/C10H13N3OS/c1-7-4-8(6-15-7)9-5-10(11)13(12-9)2-3-14/h4-6,14H,2-3,11H2,1H3. The average molecular weight is 223 g/mol. The maximum absolute atomic E-state index is 8.81. The van der Waals surface area contributed by atoms with Gasteiger partial charge in [-0.2, -0.15) is 5.10 Å². The van der Waals surface area contributed by atoms with Crippen molar-refractivity contribution in [2.75, 3.05) is 12.3 Å². The van der Waals surface area contributed by atoms with E-state index in [0.29, 0.717) is 12.4 Å². The first kappa shape index (κ1) is 10.2. The summed E-state index contributed by atoms with van der Waals surface area (Å²) >= 11 is 1.69. The monoisotopic (exact) mass is 223 g/mol. The summed E-state index contributed by atoms with van der Waals surface area (Å²) in [7, 11) is 0. The number of aromatic nitrogens is 2. The van der Waals surface area contributed by atoms with Gasteiger partial charge in [-0.3, -0.25) is 0 Å². The molecule has 0 saturated heterocycles. The number of anilines is 1. The Bertz CT molecular complexity index is 461. The van der Waals surface area contributed by atoms with Crippen LogP contribution in [0.15, 0.2) is 17.5 Å². The number of nitrogen functional groups attached to an aromatic ring is 1. The van der Waals surface area contributed by atoms with Gasteiger partial charge in [0.05, 0.1) is 18.8 Å². The van der Waals surface area contributed by atoms with Crippen molar-refractivity contribution >= 4 is 17.2 Å². The van der Waals surface area contributed by atoms with Crippen LogP contribution in [0.2, 0.25) is 0 Å². The molecule has 0 fully saturated rings. The second kappa shape index (κ2) is 4.04. The van der Waals surface area contributed by atoms with Crippen LogP contribution in [0.3, 0.4) is 0 Å². The van der Waals surface area contributed by atoms with E-state index >= 15 is 0 Å². The molecule has 0 aliphatic rings. The van der Waals surface area contributed by atoms with Crippen molar-refractivity contribution in [3.63, 3.8) is 0 Å². The molecule has 80 valence electrons. The number of thiophene rings is 1. The number of hydrogen-bond donors (Lipinski definition) is 2. The van der Waals surface area contributed by atoms with Gasteiger partial charge in [0, 0.05) is 21.9 Å². The number of nitrogens with two attached hydrogens (primary N) is 1. The Kier molecular flexibility index (Phi) is 2.75. The van der Waals surface area contributed by atoms with Gasteiger partial charge in [0.1, 0.15) is 5.82 Å². The van der Waals surface area contributed by atoms with Crippen molar-refractivity contribution in [2.45, 2.75) is 13.5 Å². The molecule has 3 N–H and O–H groups in total. The quantitative estimate of drug-likeness (QED) is 0.828. The molecule has 0 atom stereocenters. The molecule has 0 aliphatic heterocycles. The SMILES string of the molecule is Cc1cc(-c2cc(N)n(CCO)n2)cs1. The molecule has 0 aliphatic carbocycles. The summed E-state index contributed by atoms with van der Waals surface area (Å²) in [6, 6.07) is 3.91. The second-order valence-corrected chi connectivity index (χ2v) is 4.46. The van der Waals surface area contributed by atoms with Crippen LogP contribution in [0.1, 0.15) is 4.88 Å². The Morgan fingerprint density at radius 3 is 2.93 bits per heavy atom. The summed E-state index contributed by atoms with van der Waals surface area (Å²) in [6.45, 7) is 2.55. The van der Waals surface area contributed by atoms with Gasteiger partial charge in [0.25, 0.3) is 0 Å². The van der Waals surface area contributed by atoms with Gasteiger partial charge in [0.15, 0.2) is 0 Å². The molecule has 0 aromatic carbocycles. The van der Waals surface area contributed by atoms with E-state index in [4.69, 9.17) is 10.8 Å². The van der Waals surface area contributed by atoms with Crippen LogP contribution < -0.4 is 5.73 Å². The van der Waals surface area contributed by atoms with Crippen LogP contribution in [-0.4, -0.2) is 21.5 Å². The Labute approximate surface area is 92.0 Å². The second-order valence-electron chi connectivity index (χ2n) is 3.35. The molecule has 2 aromatic heterocycles. The lowest BCUT2D eigenvalue weighted by molar-refractivity contribution is 0.270. The number of aliphatic hydroxyl groups is 1. The molecule has 0 saturated carbocycles. The van der Waals surface area contributed by atoms with E-state index in [1.165, 1.54) is 4.88 Å². The Hall–Kier alpha value is -1.33. The summed E-state index contributed by atoms with van der Waals surface area (Å²) in [5, 5.41) is 15.2. The zero-order valence-corrected chi connectivity index (χ0v) is 9.29. The third-order valence-electron chi connectivity index (χ3n) is 2.15. The molecule has 0 radical (unpaired) electrons. The topological polar surface area (TPSA) is 64.1 Å². The number of aryl methyl sites for hydroxylation is 1. The van der Waals surface area contributed by atoms with Gasteiger partial charge in [-0.25, -0.2) is 4.68 Å². The summed E-state index contributed by atoms with van der Waals surface area (Å²) < 4.78 is 1.61. The van der Waals surface area contributed by atoms with Crippen molar-refractivity contribution < 1.29 is 5.11 Å². The van der Waals surface area contributed by atoms with E-state index in [1.807, 2.05) is 6.07 Å².